The number of pyridine rings is 1. The Morgan fingerprint density at radius 3 is 2.62 bits per heavy atom. The standard InChI is InChI=1S/C18H14NO2/c1-2-4-15-12(3-1)5-6-19-10-14-9-18-17(20-11-21-18)8-13(14)7-16(15)19/h1-4,7-10H,5-6,11H2/q+1. The highest BCUT2D eigenvalue weighted by Crippen LogP contribution is 2.37. The molecule has 2 aliphatic heterocycles. The van der Waals surface area contributed by atoms with Crippen LogP contribution in [0.15, 0.2) is 48.7 Å². The highest BCUT2D eigenvalue weighted by atomic mass is 16.7. The largest absolute Gasteiger partial charge is 0.454 e. The van der Waals surface area contributed by atoms with Gasteiger partial charge in [-0.2, -0.15) is 4.57 Å². The molecule has 0 spiro atoms. The Hall–Kier alpha value is -2.55. The van der Waals surface area contributed by atoms with Crippen LogP contribution in [0.5, 0.6) is 11.5 Å². The SMILES string of the molecule is c1ccc2c(c1)CC[n+]1cc3cc4c(cc3cc1-2)OCO4. The molecule has 3 aromatic rings. The van der Waals surface area contributed by atoms with Crippen LogP contribution in [0.3, 0.4) is 0 Å². The molecule has 0 N–H and O–H groups in total. The van der Waals surface area contributed by atoms with Gasteiger partial charge >= 0.3 is 0 Å². The summed E-state index contributed by atoms with van der Waals surface area (Å²) in [6, 6.07) is 15.1. The maximum atomic E-state index is 5.49. The van der Waals surface area contributed by atoms with Gasteiger partial charge in [0.15, 0.2) is 24.2 Å². The molecule has 3 heterocycles. The Kier molecular flexibility index (Phi) is 2.11. The average molecular weight is 276 g/mol. The molecule has 0 unspecified atom stereocenters. The first-order valence-corrected chi connectivity index (χ1v) is 7.24. The van der Waals surface area contributed by atoms with Crippen LogP contribution in [-0.2, 0) is 13.0 Å². The number of rotatable bonds is 0. The molecule has 2 aromatic carbocycles. The van der Waals surface area contributed by atoms with Gasteiger partial charge in [0.1, 0.15) is 0 Å². The van der Waals surface area contributed by atoms with Gasteiger partial charge < -0.3 is 9.47 Å². The van der Waals surface area contributed by atoms with Crippen molar-refractivity contribution in [3.8, 4) is 22.8 Å². The Bertz CT molecular complexity index is 886. The third kappa shape index (κ3) is 1.57. The second-order valence-corrected chi connectivity index (χ2v) is 5.59. The van der Waals surface area contributed by atoms with Crippen LogP contribution in [-0.4, -0.2) is 6.79 Å². The molecule has 0 radical (unpaired) electrons. The summed E-state index contributed by atoms with van der Waals surface area (Å²) in [5.74, 6) is 1.69. The molecule has 0 bridgehead atoms. The average Bonchev–Trinajstić information content (AvgIpc) is 2.97. The van der Waals surface area contributed by atoms with Crippen molar-refractivity contribution in [2.45, 2.75) is 13.0 Å². The molecule has 0 aliphatic carbocycles. The van der Waals surface area contributed by atoms with Crippen molar-refractivity contribution < 1.29 is 14.0 Å². The van der Waals surface area contributed by atoms with Crippen molar-refractivity contribution in [3.05, 3.63) is 54.2 Å². The van der Waals surface area contributed by atoms with Crippen molar-refractivity contribution >= 4 is 10.8 Å². The van der Waals surface area contributed by atoms with Crippen molar-refractivity contribution in [3.63, 3.8) is 0 Å². The van der Waals surface area contributed by atoms with Gasteiger partial charge in [-0.25, -0.2) is 0 Å². The molecule has 0 saturated heterocycles. The summed E-state index contributed by atoms with van der Waals surface area (Å²) in [7, 11) is 0. The first-order chi connectivity index (χ1) is 10.4. The van der Waals surface area contributed by atoms with E-state index in [1.165, 1.54) is 27.6 Å². The zero-order valence-electron chi connectivity index (χ0n) is 11.5. The molecular weight excluding hydrogens is 262 g/mol. The van der Waals surface area contributed by atoms with Crippen molar-refractivity contribution in [2.75, 3.05) is 6.79 Å². The molecule has 0 atom stereocenters. The fourth-order valence-electron chi connectivity index (χ4n) is 3.32. The lowest BCUT2D eigenvalue weighted by atomic mass is 9.96. The van der Waals surface area contributed by atoms with Gasteiger partial charge in [0.25, 0.3) is 0 Å². The number of fused-ring (bicyclic) bond motifs is 5. The molecule has 3 heteroatoms. The Labute approximate surface area is 122 Å². The second-order valence-electron chi connectivity index (χ2n) is 5.59. The zero-order chi connectivity index (χ0) is 13.8. The summed E-state index contributed by atoms with van der Waals surface area (Å²) in [5, 5.41) is 2.39. The quantitative estimate of drug-likeness (QED) is 0.589. The maximum Gasteiger partial charge on any atom is 0.231 e. The first kappa shape index (κ1) is 11.1. The van der Waals surface area contributed by atoms with Gasteiger partial charge in [-0.15, -0.1) is 0 Å². The lowest BCUT2D eigenvalue weighted by molar-refractivity contribution is -0.686. The molecule has 0 amide bonds. The van der Waals surface area contributed by atoms with E-state index in [9.17, 15) is 0 Å². The highest BCUT2D eigenvalue weighted by molar-refractivity contribution is 5.87. The van der Waals surface area contributed by atoms with Gasteiger partial charge in [0, 0.05) is 23.4 Å². The summed E-state index contributed by atoms with van der Waals surface area (Å²) in [5.41, 5.74) is 4.05. The van der Waals surface area contributed by atoms with Crippen LogP contribution in [0.2, 0.25) is 0 Å². The van der Waals surface area contributed by atoms with Crippen LogP contribution in [0, 0.1) is 0 Å². The van der Waals surface area contributed by atoms with E-state index in [1.807, 2.05) is 0 Å². The van der Waals surface area contributed by atoms with Crippen LogP contribution < -0.4 is 14.0 Å². The summed E-state index contributed by atoms with van der Waals surface area (Å²) < 4.78 is 13.3. The third-order valence-corrected chi connectivity index (χ3v) is 4.39. The molecule has 2 aliphatic rings. The third-order valence-electron chi connectivity index (χ3n) is 4.39. The minimum Gasteiger partial charge on any atom is -0.454 e. The van der Waals surface area contributed by atoms with Crippen LogP contribution in [0.1, 0.15) is 5.56 Å². The van der Waals surface area contributed by atoms with Gasteiger partial charge in [-0.1, -0.05) is 18.2 Å². The fourth-order valence-corrected chi connectivity index (χ4v) is 3.32. The van der Waals surface area contributed by atoms with Gasteiger partial charge in [-0.05, 0) is 29.1 Å². The molecule has 5 rings (SSSR count). The van der Waals surface area contributed by atoms with Crippen LogP contribution >= 0.6 is 0 Å². The second kappa shape index (κ2) is 3.98. The van der Waals surface area contributed by atoms with Gasteiger partial charge in [0.05, 0.1) is 0 Å². The Balaban J connectivity index is 1.80. The molecular formula is C18H14NO2+. The number of benzene rings is 2. The van der Waals surface area contributed by atoms with E-state index in [4.69, 9.17) is 9.47 Å². The number of aryl methyl sites for hydroxylation is 2. The van der Waals surface area contributed by atoms with Crippen molar-refractivity contribution in [1.29, 1.82) is 0 Å². The molecule has 0 fully saturated rings. The fraction of sp³-hybridized carbons (Fsp3) is 0.167. The molecule has 21 heavy (non-hydrogen) atoms. The van der Waals surface area contributed by atoms with E-state index in [0.717, 1.165) is 24.5 Å². The van der Waals surface area contributed by atoms with E-state index in [2.05, 4.69) is 53.2 Å². The smallest absolute Gasteiger partial charge is 0.231 e. The topological polar surface area (TPSA) is 22.3 Å². The van der Waals surface area contributed by atoms with E-state index < -0.39 is 0 Å². The number of ether oxygens (including phenoxy) is 2. The number of nitrogens with zero attached hydrogens (tertiary/aromatic N) is 1. The van der Waals surface area contributed by atoms with Crippen LogP contribution in [0.25, 0.3) is 22.0 Å². The van der Waals surface area contributed by atoms with Crippen molar-refractivity contribution in [1.82, 2.24) is 0 Å². The van der Waals surface area contributed by atoms with Crippen LogP contribution in [0.4, 0.5) is 0 Å². The monoisotopic (exact) mass is 276 g/mol. The summed E-state index contributed by atoms with van der Waals surface area (Å²) in [4.78, 5) is 0. The maximum absolute atomic E-state index is 5.49. The molecule has 1 aromatic heterocycles. The summed E-state index contributed by atoms with van der Waals surface area (Å²) in [6.45, 7) is 1.35. The molecule has 3 nitrogen and oxygen atoms in total. The van der Waals surface area contributed by atoms with E-state index in [-0.39, 0.29) is 0 Å². The molecule has 0 saturated carbocycles. The summed E-state index contributed by atoms with van der Waals surface area (Å²) in [6.07, 6.45) is 3.31. The first-order valence-electron chi connectivity index (χ1n) is 7.24. The van der Waals surface area contributed by atoms with Gasteiger partial charge in [0.2, 0.25) is 12.5 Å². The normalized spacial score (nSPS) is 14.9. The summed E-state index contributed by atoms with van der Waals surface area (Å²) >= 11 is 0. The van der Waals surface area contributed by atoms with Crippen molar-refractivity contribution in [2.24, 2.45) is 0 Å². The lowest BCUT2D eigenvalue weighted by Crippen LogP contribution is -2.39. The zero-order valence-corrected chi connectivity index (χ0v) is 11.5. The number of hydrogen-bond donors (Lipinski definition) is 0. The van der Waals surface area contributed by atoms with E-state index in [1.54, 1.807) is 0 Å². The minimum absolute atomic E-state index is 0.321. The lowest BCUT2D eigenvalue weighted by Gasteiger charge is -2.15. The highest BCUT2D eigenvalue weighted by Gasteiger charge is 2.24. The Morgan fingerprint density at radius 2 is 1.71 bits per heavy atom. The number of aromatic nitrogens is 1. The van der Waals surface area contributed by atoms with E-state index >= 15 is 0 Å². The Morgan fingerprint density at radius 1 is 0.905 bits per heavy atom. The number of hydrogen-bond acceptors (Lipinski definition) is 2. The van der Waals surface area contributed by atoms with Gasteiger partial charge in [-0.3, -0.25) is 0 Å². The predicted molar refractivity (Wildman–Crippen MR) is 79.4 cm³/mol. The van der Waals surface area contributed by atoms with E-state index in [0.29, 0.717) is 6.79 Å². The molecule has 102 valence electrons. The predicted octanol–water partition coefficient (Wildman–Crippen LogP) is 3.08. The minimum atomic E-state index is 0.321.